The predicted octanol–water partition coefficient (Wildman–Crippen LogP) is 2.17. The molecule has 5 atom stereocenters. The van der Waals surface area contributed by atoms with Crippen LogP contribution >= 0.6 is 0 Å². The quantitative estimate of drug-likeness (QED) is 0.391. The topological polar surface area (TPSA) is 102 Å². The van der Waals surface area contributed by atoms with Crippen molar-refractivity contribution in [2.75, 3.05) is 20.1 Å². The molecule has 0 aromatic heterocycles. The van der Waals surface area contributed by atoms with Gasteiger partial charge in [0.1, 0.15) is 23.7 Å². The van der Waals surface area contributed by atoms with Gasteiger partial charge in [-0.15, -0.1) is 6.58 Å². The molecule has 0 aliphatic carbocycles. The lowest BCUT2D eigenvalue weighted by Gasteiger charge is -2.38. The van der Waals surface area contributed by atoms with E-state index >= 15 is 0 Å². The van der Waals surface area contributed by atoms with Crippen molar-refractivity contribution in [1.82, 2.24) is 20.4 Å². The molecule has 2 aromatic rings. The Hall–Kier alpha value is -3.63. The van der Waals surface area contributed by atoms with Crippen molar-refractivity contribution >= 4 is 17.7 Å². The Morgan fingerprint density at radius 1 is 1.20 bits per heavy atom. The SMILES string of the molecule is C=CCC1(C)CC(C(=O)N[C@@H](Cc2cc(F)cc(F)c2)[C@H](O)[C@@H]2NCCN(Cc3ccccc3)C2=O)N(C)C1=O. The largest absolute Gasteiger partial charge is 0.389 e. The molecule has 0 bridgehead atoms. The number of amides is 3. The lowest BCUT2D eigenvalue weighted by atomic mass is 9.83. The third-order valence-corrected chi connectivity index (χ3v) is 7.84. The van der Waals surface area contributed by atoms with Gasteiger partial charge in [-0.1, -0.05) is 43.3 Å². The minimum Gasteiger partial charge on any atom is -0.389 e. The van der Waals surface area contributed by atoms with Gasteiger partial charge in [0, 0.05) is 32.7 Å². The van der Waals surface area contributed by atoms with E-state index in [0.29, 0.717) is 26.1 Å². The van der Waals surface area contributed by atoms with Gasteiger partial charge in [-0.3, -0.25) is 14.4 Å². The number of nitrogens with one attached hydrogen (secondary N) is 2. The number of hydrogen-bond acceptors (Lipinski definition) is 5. The molecule has 40 heavy (non-hydrogen) atoms. The Balaban J connectivity index is 1.57. The van der Waals surface area contributed by atoms with Gasteiger partial charge in [0.15, 0.2) is 0 Å². The summed E-state index contributed by atoms with van der Waals surface area (Å²) in [5, 5.41) is 17.3. The summed E-state index contributed by atoms with van der Waals surface area (Å²) in [6.45, 7) is 6.68. The third kappa shape index (κ3) is 6.39. The molecule has 10 heteroatoms. The van der Waals surface area contributed by atoms with Crippen molar-refractivity contribution in [2.24, 2.45) is 5.41 Å². The smallest absolute Gasteiger partial charge is 0.243 e. The number of rotatable bonds is 10. The maximum absolute atomic E-state index is 14.0. The van der Waals surface area contributed by atoms with Crippen LogP contribution in [0.1, 0.15) is 30.9 Å². The number of halogens is 2. The second-order valence-corrected chi connectivity index (χ2v) is 11.0. The number of likely N-dealkylation sites (N-methyl/N-ethyl adjacent to an activating group) is 1. The van der Waals surface area contributed by atoms with Gasteiger partial charge in [0.05, 0.1) is 17.6 Å². The fraction of sp³-hybridized carbons (Fsp3) is 0.433. The summed E-state index contributed by atoms with van der Waals surface area (Å²) in [6.07, 6.45) is 0.706. The minimum atomic E-state index is -1.43. The van der Waals surface area contributed by atoms with Crippen LogP contribution < -0.4 is 10.6 Å². The number of likely N-dealkylation sites (tertiary alicyclic amines) is 1. The van der Waals surface area contributed by atoms with Crippen LogP contribution in [0.4, 0.5) is 8.78 Å². The molecule has 2 fully saturated rings. The van der Waals surface area contributed by atoms with E-state index in [9.17, 15) is 28.3 Å². The van der Waals surface area contributed by atoms with Gasteiger partial charge >= 0.3 is 0 Å². The van der Waals surface area contributed by atoms with E-state index in [1.807, 2.05) is 30.3 Å². The van der Waals surface area contributed by atoms with E-state index in [-0.39, 0.29) is 30.2 Å². The lowest BCUT2D eigenvalue weighted by molar-refractivity contribution is -0.141. The van der Waals surface area contributed by atoms with E-state index in [2.05, 4.69) is 17.2 Å². The van der Waals surface area contributed by atoms with Crippen LogP contribution in [-0.4, -0.2) is 77.0 Å². The predicted molar refractivity (Wildman–Crippen MR) is 146 cm³/mol. The number of hydrogen-bond donors (Lipinski definition) is 3. The number of carbonyl (C=O) groups is 3. The molecule has 0 spiro atoms. The molecular weight excluding hydrogens is 518 g/mol. The summed E-state index contributed by atoms with van der Waals surface area (Å²) in [5.41, 5.74) is 0.345. The van der Waals surface area contributed by atoms with Gasteiger partial charge < -0.3 is 25.5 Å². The summed E-state index contributed by atoms with van der Waals surface area (Å²) in [5.74, 6) is -2.65. The van der Waals surface area contributed by atoms with Crippen molar-refractivity contribution < 1.29 is 28.3 Å². The first-order valence-corrected chi connectivity index (χ1v) is 13.4. The molecule has 2 aliphatic rings. The van der Waals surface area contributed by atoms with Crippen molar-refractivity contribution in [3.63, 3.8) is 0 Å². The number of piperazine rings is 1. The zero-order valence-corrected chi connectivity index (χ0v) is 22.8. The first-order chi connectivity index (χ1) is 19.0. The molecule has 2 aromatic carbocycles. The van der Waals surface area contributed by atoms with E-state index in [1.54, 1.807) is 24.9 Å². The standard InChI is InChI=1S/C30H36F2N4O4/c1-4-10-30(2)17-24(35(3)29(30)40)27(38)34-23(15-20-13-21(31)16-22(32)14-20)26(37)25-28(39)36(12-11-33-25)18-19-8-6-5-7-9-19/h4-9,13-14,16,23-26,33,37H,1,10-12,15,17-18H2,2-3H3,(H,34,38)/t23-,24?,25-,26-,30?/m0/s1. The number of allylic oxidation sites excluding steroid dienone is 1. The first kappa shape index (κ1) is 29.4. The van der Waals surface area contributed by atoms with Gasteiger partial charge in [0.2, 0.25) is 17.7 Å². The highest BCUT2D eigenvalue weighted by Gasteiger charge is 2.49. The number of benzene rings is 2. The Bertz CT molecular complexity index is 1240. The van der Waals surface area contributed by atoms with Gasteiger partial charge in [-0.2, -0.15) is 0 Å². The van der Waals surface area contributed by atoms with Gasteiger partial charge in [-0.25, -0.2) is 8.78 Å². The van der Waals surface area contributed by atoms with Gasteiger partial charge in [0.25, 0.3) is 0 Å². The fourth-order valence-corrected chi connectivity index (χ4v) is 5.70. The molecule has 0 radical (unpaired) electrons. The average Bonchev–Trinajstić information content (AvgIpc) is 3.13. The van der Waals surface area contributed by atoms with Crippen LogP contribution in [0.5, 0.6) is 0 Å². The van der Waals surface area contributed by atoms with Crippen LogP contribution in [0.3, 0.4) is 0 Å². The minimum absolute atomic E-state index is 0.139. The lowest BCUT2D eigenvalue weighted by Crippen LogP contribution is -2.64. The van der Waals surface area contributed by atoms with Crippen molar-refractivity contribution in [2.45, 2.75) is 57.0 Å². The molecule has 2 unspecified atom stereocenters. The molecule has 214 valence electrons. The molecule has 4 rings (SSSR count). The highest BCUT2D eigenvalue weighted by Crippen LogP contribution is 2.38. The Morgan fingerprint density at radius 3 is 2.52 bits per heavy atom. The summed E-state index contributed by atoms with van der Waals surface area (Å²) < 4.78 is 28.0. The molecule has 3 N–H and O–H groups in total. The van der Waals surface area contributed by atoms with E-state index in [0.717, 1.165) is 23.8 Å². The summed E-state index contributed by atoms with van der Waals surface area (Å²) in [6, 6.07) is 9.47. The number of nitrogens with zero attached hydrogens (tertiary/aromatic N) is 2. The Morgan fingerprint density at radius 2 is 1.88 bits per heavy atom. The van der Waals surface area contributed by atoms with Crippen LogP contribution in [0, 0.1) is 17.0 Å². The summed E-state index contributed by atoms with van der Waals surface area (Å²) in [7, 11) is 1.54. The molecule has 0 saturated carbocycles. The van der Waals surface area contributed by atoms with Crippen molar-refractivity contribution in [1.29, 1.82) is 0 Å². The van der Waals surface area contributed by atoms with E-state index in [4.69, 9.17) is 0 Å². The van der Waals surface area contributed by atoms with Crippen LogP contribution in [0.2, 0.25) is 0 Å². The Labute approximate surface area is 233 Å². The highest BCUT2D eigenvalue weighted by atomic mass is 19.1. The third-order valence-electron chi connectivity index (χ3n) is 7.84. The zero-order valence-electron chi connectivity index (χ0n) is 22.8. The maximum Gasteiger partial charge on any atom is 0.243 e. The van der Waals surface area contributed by atoms with Crippen LogP contribution in [0.15, 0.2) is 61.2 Å². The highest BCUT2D eigenvalue weighted by molar-refractivity contribution is 5.94. The monoisotopic (exact) mass is 554 g/mol. The molecule has 2 heterocycles. The summed E-state index contributed by atoms with van der Waals surface area (Å²) in [4.78, 5) is 42.8. The normalized spacial score (nSPS) is 24.6. The van der Waals surface area contributed by atoms with Crippen molar-refractivity contribution in [3.05, 3.63) is 83.9 Å². The van der Waals surface area contributed by atoms with Gasteiger partial charge in [-0.05, 0) is 42.5 Å². The Kier molecular flexibility index (Phi) is 9.00. The molecule has 8 nitrogen and oxygen atoms in total. The molecule has 2 saturated heterocycles. The van der Waals surface area contributed by atoms with Crippen LogP contribution in [0.25, 0.3) is 0 Å². The van der Waals surface area contributed by atoms with E-state index in [1.165, 1.54) is 4.90 Å². The zero-order chi connectivity index (χ0) is 29.0. The number of aliphatic hydroxyl groups is 1. The average molecular weight is 555 g/mol. The van der Waals surface area contributed by atoms with Crippen molar-refractivity contribution in [3.8, 4) is 0 Å². The first-order valence-electron chi connectivity index (χ1n) is 13.4. The molecule has 2 aliphatic heterocycles. The van der Waals surface area contributed by atoms with Crippen LogP contribution in [-0.2, 0) is 27.3 Å². The molecule has 3 amide bonds. The maximum atomic E-state index is 14.0. The number of aliphatic hydroxyl groups excluding tert-OH is 1. The number of carbonyl (C=O) groups excluding carboxylic acids is 3. The van der Waals surface area contributed by atoms with E-state index < -0.39 is 47.2 Å². The fourth-order valence-electron chi connectivity index (χ4n) is 5.70. The molecular formula is C30H36F2N4O4. The second-order valence-electron chi connectivity index (χ2n) is 11.0. The second kappa shape index (κ2) is 12.3. The summed E-state index contributed by atoms with van der Waals surface area (Å²) >= 11 is 0.